The van der Waals surface area contributed by atoms with Crippen LogP contribution in [0.3, 0.4) is 0 Å². The zero-order valence-corrected chi connectivity index (χ0v) is 15.0. The van der Waals surface area contributed by atoms with Crippen LogP contribution in [0.25, 0.3) is 0 Å². The molecule has 0 aromatic carbocycles. The highest BCUT2D eigenvalue weighted by Crippen LogP contribution is 2.47. The predicted molar refractivity (Wildman–Crippen MR) is 90.3 cm³/mol. The van der Waals surface area contributed by atoms with E-state index in [4.69, 9.17) is 4.74 Å². The van der Waals surface area contributed by atoms with E-state index in [2.05, 4.69) is 9.98 Å². The molecule has 1 aliphatic heterocycles. The fraction of sp³-hybridized carbons (Fsp3) is 0.611. The molecule has 3 rings (SSSR count). The number of aromatic nitrogens is 1. The van der Waals surface area contributed by atoms with Gasteiger partial charge in [-0.15, -0.1) is 0 Å². The van der Waals surface area contributed by atoms with Crippen molar-refractivity contribution < 1.29 is 22.7 Å². The molecule has 1 aliphatic carbocycles. The maximum Gasteiger partial charge on any atom is 0.417 e. The van der Waals surface area contributed by atoms with Gasteiger partial charge in [0.1, 0.15) is 5.60 Å². The van der Waals surface area contributed by atoms with E-state index in [0.29, 0.717) is 18.4 Å². The van der Waals surface area contributed by atoms with E-state index in [1.807, 2.05) is 20.8 Å². The van der Waals surface area contributed by atoms with Crippen molar-refractivity contribution in [1.82, 2.24) is 9.88 Å². The lowest BCUT2D eigenvalue weighted by Crippen LogP contribution is -2.47. The summed E-state index contributed by atoms with van der Waals surface area (Å²) in [5.41, 5.74) is -1.40. The lowest BCUT2D eigenvalue weighted by Gasteiger charge is -2.34. The molecule has 8 heteroatoms. The minimum atomic E-state index is -4.42. The first-order valence-electron chi connectivity index (χ1n) is 8.60. The summed E-state index contributed by atoms with van der Waals surface area (Å²) in [5, 5.41) is 0. The number of hydrogen-bond donors (Lipinski definition) is 0. The molecule has 0 bridgehead atoms. The number of carbonyl (C=O) groups is 1. The van der Waals surface area contributed by atoms with Gasteiger partial charge in [-0.25, -0.2) is 14.8 Å². The summed E-state index contributed by atoms with van der Waals surface area (Å²) in [6, 6.07) is 1.93. The van der Waals surface area contributed by atoms with Gasteiger partial charge in [-0.1, -0.05) is 0 Å². The van der Waals surface area contributed by atoms with Crippen LogP contribution in [0.2, 0.25) is 0 Å². The van der Waals surface area contributed by atoms with Crippen molar-refractivity contribution in [3.63, 3.8) is 0 Å². The number of pyridine rings is 1. The van der Waals surface area contributed by atoms with Gasteiger partial charge < -0.3 is 4.74 Å². The van der Waals surface area contributed by atoms with Crippen LogP contribution in [0.5, 0.6) is 0 Å². The van der Waals surface area contributed by atoms with Crippen molar-refractivity contribution in [2.45, 2.75) is 51.4 Å². The Morgan fingerprint density at radius 1 is 1.27 bits per heavy atom. The van der Waals surface area contributed by atoms with Crippen molar-refractivity contribution in [1.29, 1.82) is 0 Å². The van der Waals surface area contributed by atoms with E-state index in [-0.39, 0.29) is 18.0 Å². The van der Waals surface area contributed by atoms with Crippen LogP contribution in [0, 0.1) is 11.8 Å². The highest BCUT2D eigenvalue weighted by molar-refractivity contribution is 5.77. The highest BCUT2D eigenvalue weighted by Gasteiger charge is 2.47. The minimum absolute atomic E-state index is 0.181. The van der Waals surface area contributed by atoms with E-state index < -0.39 is 17.3 Å². The topological polar surface area (TPSA) is 54.8 Å². The molecule has 0 radical (unpaired) electrons. The Kier molecular flexibility index (Phi) is 4.71. The maximum absolute atomic E-state index is 12.6. The highest BCUT2D eigenvalue weighted by atomic mass is 19.4. The molecule has 1 saturated carbocycles. The third-order valence-corrected chi connectivity index (χ3v) is 4.53. The molecular weight excluding hydrogens is 347 g/mol. The van der Waals surface area contributed by atoms with Crippen LogP contribution in [0.4, 0.5) is 23.8 Å². The number of fused-ring (bicyclic) bond motifs is 1. The number of amides is 1. The number of alkyl halides is 3. The lowest BCUT2D eigenvalue weighted by atomic mass is 10.0. The largest absolute Gasteiger partial charge is 0.444 e. The fourth-order valence-electron chi connectivity index (χ4n) is 3.11. The zero-order valence-electron chi connectivity index (χ0n) is 15.0. The number of ether oxygens (including phenoxy) is 1. The number of hydrogen-bond acceptors (Lipinski definition) is 4. The Morgan fingerprint density at radius 2 is 2.00 bits per heavy atom. The SMILES string of the molecule is CC(C)(C)OC(=O)N1C[C@@H]2C[C@@H]2C[C@H]1C=Nc1ccc(C(F)(F)F)cn1. The molecule has 1 aromatic rings. The number of aliphatic imine (C=N–C) groups is 1. The number of rotatable bonds is 2. The molecule has 1 saturated heterocycles. The van der Waals surface area contributed by atoms with E-state index in [1.165, 1.54) is 6.07 Å². The van der Waals surface area contributed by atoms with Crippen molar-refractivity contribution in [3.8, 4) is 0 Å². The van der Waals surface area contributed by atoms with Crippen LogP contribution in [0.1, 0.15) is 39.2 Å². The molecule has 1 aromatic heterocycles. The average molecular weight is 369 g/mol. The number of piperidine rings is 1. The van der Waals surface area contributed by atoms with E-state index in [9.17, 15) is 18.0 Å². The van der Waals surface area contributed by atoms with Gasteiger partial charge in [0.25, 0.3) is 0 Å². The first-order chi connectivity index (χ1) is 12.0. The molecular formula is C18H22F3N3O2. The summed E-state index contributed by atoms with van der Waals surface area (Å²) in [7, 11) is 0. The number of nitrogens with zero attached hydrogens (tertiary/aromatic N) is 3. The van der Waals surface area contributed by atoms with Crippen molar-refractivity contribution >= 4 is 18.1 Å². The molecule has 0 unspecified atom stereocenters. The van der Waals surface area contributed by atoms with Crippen LogP contribution in [-0.4, -0.2) is 40.4 Å². The van der Waals surface area contributed by atoms with Crippen LogP contribution in [0.15, 0.2) is 23.3 Å². The van der Waals surface area contributed by atoms with E-state index in [1.54, 1.807) is 11.1 Å². The molecule has 142 valence electrons. The normalized spacial score (nSPS) is 25.9. The van der Waals surface area contributed by atoms with Gasteiger partial charge in [-0.3, -0.25) is 4.90 Å². The zero-order chi connectivity index (χ0) is 19.1. The van der Waals surface area contributed by atoms with Gasteiger partial charge in [0.05, 0.1) is 11.6 Å². The molecule has 3 atom stereocenters. The van der Waals surface area contributed by atoms with E-state index >= 15 is 0 Å². The van der Waals surface area contributed by atoms with Crippen LogP contribution in [-0.2, 0) is 10.9 Å². The summed E-state index contributed by atoms with van der Waals surface area (Å²) in [5.74, 6) is 1.27. The lowest BCUT2D eigenvalue weighted by molar-refractivity contribution is -0.137. The first kappa shape index (κ1) is 18.7. The second-order valence-electron chi connectivity index (χ2n) is 7.87. The van der Waals surface area contributed by atoms with Gasteiger partial charge in [0.2, 0.25) is 0 Å². The summed E-state index contributed by atoms with van der Waals surface area (Å²) >= 11 is 0. The second-order valence-corrected chi connectivity index (χ2v) is 7.87. The summed E-state index contributed by atoms with van der Waals surface area (Å²) in [6.07, 6.45) is -0.590. The summed E-state index contributed by atoms with van der Waals surface area (Å²) in [6.45, 7) is 6.05. The third kappa shape index (κ3) is 4.53. The molecule has 1 amide bonds. The maximum atomic E-state index is 12.6. The van der Waals surface area contributed by atoms with Crippen LogP contribution >= 0.6 is 0 Å². The molecule has 26 heavy (non-hydrogen) atoms. The minimum Gasteiger partial charge on any atom is -0.444 e. The average Bonchev–Trinajstić information content (AvgIpc) is 3.28. The summed E-state index contributed by atoms with van der Waals surface area (Å²) < 4.78 is 43.2. The Labute approximate surface area is 150 Å². The number of halogens is 3. The Hall–Kier alpha value is -2.12. The first-order valence-corrected chi connectivity index (χ1v) is 8.60. The Bertz CT molecular complexity index is 695. The van der Waals surface area contributed by atoms with Gasteiger partial charge in [0, 0.05) is 19.0 Å². The molecule has 2 heterocycles. The third-order valence-electron chi connectivity index (χ3n) is 4.53. The predicted octanol–water partition coefficient (Wildman–Crippen LogP) is 4.45. The number of likely N-dealkylation sites (tertiary alicyclic amines) is 1. The van der Waals surface area contributed by atoms with Crippen LogP contribution < -0.4 is 0 Å². The van der Waals surface area contributed by atoms with Gasteiger partial charge >= 0.3 is 12.3 Å². The standard InChI is InChI=1S/C18H22F3N3O2/c1-17(2,3)26-16(25)24-10-12-6-11(12)7-14(24)9-23-15-5-4-13(8-22-15)18(19,20)21/h4-5,8-9,11-12,14H,6-7,10H2,1-3H3/t11-,12+,14+/m1/s1. The van der Waals surface area contributed by atoms with Gasteiger partial charge in [0.15, 0.2) is 5.82 Å². The number of carbonyl (C=O) groups excluding carboxylic acids is 1. The Morgan fingerprint density at radius 3 is 2.58 bits per heavy atom. The second kappa shape index (κ2) is 6.55. The van der Waals surface area contributed by atoms with Gasteiger partial charge in [-0.05, 0) is 57.6 Å². The molecule has 0 spiro atoms. The molecule has 5 nitrogen and oxygen atoms in total. The fourth-order valence-corrected chi connectivity index (χ4v) is 3.11. The van der Waals surface area contributed by atoms with Crippen molar-refractivity contribution in [3.05, 3.63) is 23.9 Å². The molecule has 2 aliphatic rings. The van der Waals surface area contributed by atoms with Crippen molar-refractivity contribution in [2.75, 3.05) is 6.54 Å². The van der Waals surface area contributed by atoms with E-state index in [0.717, 1.165) is 25.1 Å². The quantitative estimate of drug-likeness (QED) is 0.724. The smallest absolute Gasteiger partial charge is 0.417 e. The van der Waals surface area contributed by atoms with Gasteiger partial charge in [-0.2, -0.15) is 13.2 Å². The monoisotopic (exact) mass is 369 g/mol. The molecule has 0 N–H and O–H groups in total. The Balaban J connectivity index is 1.71. The molecule has 2 fully saturated rings. The summed E-state index contributed by atoms with van der Waals surface area (Å²) in [4.78, 5) is 22.0. The van der Waals surface area contributed by atoms with Crippen molar-refractivity contribution in [2.24, 2.45) is 16.8 Å².